The van der Waals surface area contributed by atoms with E-state index in [4.69, 9.17) is 4.74 Å². The molecule has 0 unspecified atom stereocenters. The molecule has 6 heteroatoms. The fourth-order valence-corrected chi connectivity index (χ4v) is 5.46. The molecule has 1 aliphatic rings. The largest absolute Gasteiger partial charge is 0.497 e. The van der Waals surface area contributed by atoms with Crippen LogP contribution in [0.4, 0.5) is 0 Å². The molecule has 1 aromatic heterocycles. The van der Waals surface area contributed by atoms with E-state index >= 15 is 0 Å². The van der Waals surface area contributed by atoms with Crippen molar-refractivity contribution in [1.82, 2.24) is 4.57 Å². The lowest BCUT2D eigenvalue weighted by molar-refractivity contribution is 0.104. The highest BCUT2D eigenvalue weighted by Crippen LogP contribution is 2.42. The minimum Gasteiger partial charge on any atom is -0.497 e. The average molecular weight is 429 g/mol. The Kier molecular flexibility index (Phi) is 4.34. The number of nitrogens with zero attached hydrogens (tertiary/aromatic N) is 1. The van der Waals surface area contributed by atoms with Gasteiger partial charge in [-0.15, -0.1) is 0 Å². The van der Waals surface area contributed by atoms with Gasteiger partial charge in [0.2, 0.25) is 15.6 Å². The van der Waals surface area contributed by atoms with Crippen molar-refractivity contribution in [2.75, 3.05) is 7.11 Å². The number of carbonyl (C=O) groups is 1. The van der Waals surface area contributed by atoms with Gasteiger partial charge in [0.15, 0.2) is 0 Å². The topological polar surface area (TPSA) is 65.4 Å². The zero-order valence-electron chi connectivity index (χ0n) is 17.0. The number of ketones is 1. The van der Waals surface area contributed by atoms with E-state index in [0.29, 0.717) is 33.8 Å². The molecule has 5 nitrogen and oxygen atoms in total. The van der Waals surface area contributed by atoms with Crippen molar-refractivity contribution in [2.45, 2.75) is 16.7 Å². The van der Waals surface area contributed by atoms with Gasteiger partial charge in [0, 0.05) is 17.3 Å². The van der Waals surface area contributed by atoms with Gasteiger partial charge in [-0.3, -0.25) is 4.79 Å². The van der Waals surface area contributed by atoms with Crippen molar-refractivity contribution in [3.8, 4) is 22.6 Å². The predicted octanol–water partition coefficient (Wildman–Crippen LogP) is 4.84. The van der Waals surface area contributed by atoms with Gasteiger partial charge in [-0.2, -0.15) is 0 Å². The second kappa shape index (κ2) is 6.96. The Bertz CT molecular complexity index is 1430. The highest BCUT2D eigenvalue weighted by atomic mass is 32.2. The number of methoxy groups -OCH3 is 1. The quantitative estimate of drug-likeness (QED) is 0.410. The standard InChI is InChI=1S/C25H19NO4S/c1-16-7-13-19(14-8-16)31(28,29)22-15-26-21-6-4-3-5-20(21)25(27)24(26)23(22)17-9-11-18(30-2)12-10-17/h3-15H,1-2H3. The maximum Gasteiger partial charge on any atom is 0.212 e. The Morgan fingerprint density at radius 1 is 0.871 bits per heavy atom. The summed E-state index contributed by atoms with van der Waals surface area (Å²) in [5.74, 6) is 0.462. The first-order chi connectivity index (χ1) is 14.9. The number of ether oxygens (including phenoxy) is 1. The highest BCUT2D eigenvalue weighted by molar-refractivity contribution is 7.91. The molecule has 0 amide bonds. The molecule has 5 rings (SSSR count). The second-order valence-corrected chi connectivity index (χ2v) is 9.40. The van der Waals surface area contributed by atoms with Crippen molar-refractivity contribution >= 4 is 15.6 Å². The Hall–Kier alpha value is -3.64. The van der Waals surface area contributed by atoms with Crippen molar-refractivity contribution in [3.63, 3.8) is 0 Å². The lowest BCUT2D eigenvalue weighted by Crippen LogP contribution is -2.05. The predicted molar refractivity (Wildman–Crippen MR) is 118 cm³/mol. The molecule has 0 fully saturated rings. The summed E-state index contributed by atoms with van der Waals surface area (Å²) in [6.07, 6.45) is 1.56. The number of aryl methyl sites for hydroxylation is 1. The van der Waals surface area contributed by atoms with Crippen LogP contribution in [0.25, 0.3) is 16.8 Å². The molecule has 0 N–H and O–H groups in total. The van der Waals surface area contributed by atoms with Crippen LogP contribution in [0.1, 0.15) is 21.6 Å². The van der Waals surface area contributed by atoms with Gasteiger partial charge in [-0.1, -0.05) is 42.0 Å². The van der Waals surface area contributed by atoms with Crippen LogP contribution in [0.3, 0.4) is 0 Å². The van der Waals surface area contributed by atoms with E-state index in [9.17, 15) is 13.2 Å². The number of hydrogen-bond donors (Lipinski definition) is 0. The van der Waals surface area contributed by atoms with Gasteiger partial charge >= 0.3 is 0 Å². The number of hydrogen-bond acceptors (Lipinski definition) is 4. The molecule has 0 spiro atoms. The average Bonchev–Trinajstić information content (AvgIpc) is 3.31. The Balaban J connectivity index is 1.81. The van der Waals surface area contributed by atoms with Crippen LogP contribution in [0.5, 0.6) is 5.75 Å². The van der Waals surface area contributed by atoms with Crippen molar-refractivity contribution in [2.24, 2.45) is 0 Å². The van der Waals surface area contributed by atoms with Gasteiger partial charge in [0.25, 0.3) is 0 Å². The first-order valence-corrected chi connectivity index (χ1v) is 11.3. The van der Waals surface area contributed by atoms with Crippen molar-refractivity contribution < 1.29 is 17.9 Å². The number of sulfone groups is 1. The van der Waals surface area contributed by atoms with E-state index < -0.39 is 9.84 Å². The normalized spacial score (nSPS) is 12.5. The zero-order chi connectivity index (χ0) is 21.8. The molecular weight excluding hydrogens is 410 g/mol. The maximum atomic E-state index is 13.6. The van der Waals surface area contributed by atoms with Gasteiger partial charge < -0.3 is 9.30 Å². The SMILES string of the molecule is COc1ccc(-c2c(S(=O)(=O)c3ccc(C)cc3)cn3c2C(=O)c2ccccc2-3)cc1. The van der Waals surface area contributed by atoms with Crippen LogP contribution < -0.4 is 4.74 Å². The van der Waals surface area contributed by atoms with Crippen LogP contribution in [-0.4, -0.2) is 25.9 Å². The van der Waals surface area contributed by atoms with Crippen LogP contribution >= 0.6 is 0 Å². The third kappa shape index (κ3) is 2.91. The Morgan fingerprint density at radius 2 is 1.55 bits per heavy atom. The maximum absolute atomic E-state index is 13.6. The van der Waals surface area contributed by atoms with Crippen LogP contribution in [-0.2, 0) is 9.84 Å². The molecule has 31 heavy (non-hydrogen) atoms. The van der Waals surface area contributed by atoms with Crippen LogP contribution in [0.2, 0.25) is 0 Å². The third-order valence-electron chi connectivity index (χ3n) is 5.59. The van der Waals surface area contributed by atoms with E-state index in [1.807, 2.05) is 19.1 Å². The fraction of sp³-hybridized carbons (Fsp3) is 0.0800. The molecule has 3 aromatic carbocycles. The lowest BCUT2D eigenvalue weighted by Gasteiger charge is -2.09. The number of carbonyl (C=O) groups excluding carboxylic acids is 1. The molecule has 154 valence electrons. The number of para-hydroxylation sites is 1. The molecular formula is C25H19NO4S. The first kappa shape index (κ1) is 19.3. The third-order valence-corrected chi connectivity index (χ3v) is 7.37. The summed E-state index contributed by atoms with van der Waals surface area (Å²) in [5.41, 5.74) is 3.62. The zero-order valence-corrected chi connectivity index (χ0v) is 17.8. The molecule has 0 atom stereocenters. The fourth-order valence-electron chi connectivity index (χ4n) is 3.98. The van der Waals surface area contributed by atoms with Crippen molar-refractivity contribution in [1.29, 1.82) is 0 Å². The molecule has 0 saturated carbocycles. The summed E-state index contributed by atoms with van der Waals surface area (Å²) in [4.78, 5) is 13.6. The van der Waals surface area contributed by atoms with E-state index in [2.05, 4.69) is 0 Å². The lowest BCUT2D eigenvalue weighted by atomic mass is 10.0. The molecule has 1 aliphatic heterocycles. The minimum atomic E-state index is -3.86. The molecule has 4 aromatic rings. The second-order valence-electron chi connectivity index (χ2n) is 7.48. The summed E-state index contributed by atoms with van der Waals surface area (Å²) in [6.45, 7) is 1.90. The molecule has 0 saturated heterocycles. The monoisotopic (exact) mass is 429 g/mol. The Labute approximate surface area is 180 Å². The summed E-state index contributed by atoms with van der Waals surface area (Å²) < 4.78 is 34.2. The van der Waals surface area contributed by atoms with Crippen LogP contribution in [0, 0.1) is 6.92 Å². The number of fused-ring (bicyclic) bond motifs is 3. The smallest absolute Gasteiger partial charge is 0.212 e. The minimum absolute atomic E-state index is 0.111. The molecule has 0 radical (unpaired) electrons. The first-order valence-electron chi connectivity index (χ1n) is 9.77. The van der Waals surface area contributed by atoms with E-state index in [-0.39, 0.29) is 15.6 Å². The number of aromatic nitrogens is 1. The van der Waals surface area contributed by atoms with Gasteiger partial charge in [-0.25, -0.2) is 8.42 Å². The van der Waals surface area contributed by atoms with E-state index in [1.165, 1.54) is 0 Å². The van der Waals surface area contributed by atoms with E-state index in [1.54, 1.807) is 78.5 Å². The van der Waals surface area contributed by atoms with Gasteiger partial charge in [-0.05, 0) is 48.9 Å². The summed E-state index contributed by atoms with van der Waals surface area (Å²) >= 11 is 0. The summed E-state index contributed by atoms with van der Waals surface area (Å²) in [6, 6.07) is 21.0. The Morgan fingerprint density at radius 3 is 2.23 bits per heavy atom. The van der Waals surface area contributed by atoms with Crippen LogP contribution in [0.15, 0.2) is 88.8 Å². The van der Waals surface area contributed by atoms with E-state index in [0.717, 1.165) is 5.56 Å². The highest BCUT2D eigenvalue weighted by Gasteiger charge is 2.36. The number of rotatable bonds is 4. The van der Waals surface area contributed by atoms with Gasteiger partial charge in [0.1, 0.15) is 11.4 Å². The van der Waals surface area contributed by atoms with Gasteiger partial charge in [0.05, 0.1) is 22.6 Å². The molecule has 2 heterocycles. The summed E-state index contributed by atoms with van der Waals surface area (Å²) in [7, 11) is -2.29. The summed E-state index contributed by atoms with van der Waals surface area (Å²) in [5, 5.41) is 0. The molecule has 0 bridgehead atoms. The molecule has 0 aliphatic carbocycles. The number of benzene rings is 3. The van der Waals surface area contributed by atoms with Crippen molar-refractivity contribution in [3.05, 3.63) is 95.8 Å².